The molecule has 1 heteroatoms. The fourth-order valence-corrected chi connectivity index (χ4v) is 4.85. The van der Waals surface area contributed by atoms with Crippen molar-refractivity contribution in [3.05, 3.63) is 54.1 Å². The van der Waals surface area contributed by atoms with Gasteiger partial charge in [0.2, 0.25) is 0 Å². The number of hydrogen-bond donors (Lipinski definition) is 1. The third-order valence-electron chi connectivity index (χ3n) is 6.66. The van der Waals surface area contributed by atoms with Crippen LogP contribution in [0.15, 0.2) is 48.5 Å². The second kappa shape index (κ2) is 11.3. The zero-order chi connectivity index (χ0) is 19.6. The van der Waals surface area contributed by atoms with Crippen molar-refractivity contribution in [1.82, 2.24) is 0 Å². The van der Waals surface area contributed by atoms with Gasteiger partial charge in [0.05, 0.1) is 0 Å². The molecule has 1 fully saturated rings. The molecule has 1 N–H and O–H groups in total. The van der Waals surface area contributed by atoms with Crippen molar-refractivity contribution in [3.63, 3.8) is 0 Å². The highest BCUT2D eigenvalue weighted by Gasteiger charge is 2.20. The SMILES string of the molecule is CCCCC[C@H]1CC[C@H](CCCCc2ccc(-c3ccccc3)c(O)c2)CC1. The Kier molecular flexibility index (Phi) is 8.45. The smallest absolute Gasteiger partial charge is 0.123 e. The van der Waals surface area contributed by atoms with Crippen LogP contribution in [0.3, 0.4) is 0 Å². The number of rotatable bonds is 10. The van der Waals surface area contributed by atoms with Gasteiger partial charge in [0.15, 0.2) is 0 Å². The van der Waals surface area contributed by atoms with E-state index in [0.717, 1.165) is 29.4 Å². The Labute approximate surface area is 172 Å². The summed E-state index contributed by atoms with van der Waals surface area (Å²) >= 11 is 0. The number of hydrogen-bond acceptors (Lipinski definition) is 1. The summed E-state index contributed by atoms with van der Waals surface area (Å²) in [5.74, 6) is 2.40. The summed E-state index contributed by atoms with van der Waals surface area (Å²) < 4.78 is 0. The van der Waals surface area contributed by atoms with Gasteiger partial charge in [-0.2, -0.15) is 0 Å². The molecule has 28 heavy (non-hydrogen) atoms. The van der Waals surface area contributed by atoms with E-state index in [0.29, 0.717) is 5.75 Å². The fourth-order valence-electron chi connectivity index (χ4n) is 4.85. The molecule has 1 aliphatic carbocycles. The standard InChI is InChI=1S/C27H38O/c1-2-3-5-10-22-15-17-23(18-16-22)11-8-9-12-24-19-20-26(27(28)21-24)25-13-6-4-7-14-25/h4,6-7,13-14,19-23,28H,2-3,5,8-12,15-18H2,1H3/t22-,23-. The molecule has 0 saturated heterocycles. The van der Waals surface area contributed by atoms with Crippen molar-refractivity contribution in [3.8, 4) is 16.9 Å². The number of benzene rings is 2. The molecule has 1 nitrogen and oxygen atoms in total. The summed E-state index contributed by atoms with van der Waals surface area (Å²) in [5, 5.41) is 10.4. The monoisotopic (exact) mass is 378 g/mol. The molecule has 0 unspecified atom stereocenters. The highest BCUT2D eigenvalue weighted by atomic mass is 16.3. The Morgan fingerprint density at radius 2 is 1.43 bits per heavy atom. The lowest BCUT2D eigenvalue weighted by Crippen LogP contribution is -2.14. The van der Waals surface area contributed by atoms with Crippen molar-refractivity contribution < 1.29 is 5.11 Å². The second-order valence-electron chi connectivity index (χ2n) is 8.85. The van der Waals surface area contributed by atoms with E-state index in [-0.39, 0.29) is 0 Å². The van der Waals surface area contributed by atoms with E-state index in [4.69, 9.17) is 0 Å². The van der Waals surface area contributed by atoms with Gasteiger partial charge in [-0.1, -0.05) is 114 Å². The molecule has 152 valence electrons. The molecule has 0 bridgehead atoms. The predicted octanol–water partition coefficient (Wildman–Crippen LogP) is 8.16. The van der Waals surface area contributed by atoms with Crippen molar-refractivity contribution >= 4 is 0 Å². The minimum atomic E-state index is 0.407. The van der Waals surface area contributed by atoms with E-state index in [9.17, 15) is 5.11 Å². The largest absolute Gasteiger partial charge is 0.507 e. The van der Waals surface area contributed by atoms with Crippen LogP contribution in [-0.4, -0.2) is 5.11 Å². The first-order chi connectivity index (χ1) is 13.8. The maximum atomic E-state index is 10.4. The Morgan fingerprint density at radius 1 is 0.786 bits per heavy atom. The Balaban J connectivity index is 1.35. The van der Waals surface area contributed by atoms with Crippen molar-refractivity contribution in [1.29, 1.82) is 0 Å². The van der Waals surface area contributed by atoms with Crippen molar-refractivity contribution in [2.24, 2.45) is 11.8 Å². The van der Waals surface area contributed by atoms with Gasteiger partial charge in [0.25, 0.3) is 0 Å². The second-order valence-corrected chi connectivity index (χ2v) is 8.85. The first-order valence-electron chi connectivity index (χ1n) is 11.6. The van der Waals surface area contributed by atoms with Gasteiger partial charge >= 0.3 is 0 Å². The van der Waals surface area contributed by atoms with E-state index in [1.54, 1.807) is 0 Å². The summed E-state index contributed by atoms with van der Waals surface area (Å²) in [5.41, 5.74) is 3.27. The lowest BCUT2D eigenvalue weighted by molar-refractivity contribution is 0.245. The predicted molar refractivity (Wildman–Crippen MR) is 121 cm³/mol. The normalized spacial score (nSPS) is 19.6. The van der Waals surface area contributed by atoms with Crippen LogP contribution in [-0.2, 0) is 6.42 Å². The van der Waals surface area contributed by atoms with Gasteiger partial charge in [0, 0.05) is 5.56 Å². The summed E-state index contributed by atoms with van der Waals surface area (Å²) in [6, 6.07) is 16.4. The summed E-state index contributed by atoms with van der Waals surface area (Å²) in [7, 11) is 0. The van der Waals surface area contributed by atoms with Crippen LogP contribution in [0.2, 0.25) is 0 Å². The molecule has 2 aromatic carbocycles. The van der Waals surface area contributed by atoms with Crippen LogP contribution in [0.5, 0.6) is 5.75 Å². The minimum Gasteiger partial charge on any atom is -0.507 e. The molecule has 0 spiro atoms. The van der Waals surface area contributed by atoms with E-state index in [2.05, 4.69) is 19.1 Å². The van der Waals surface area contributed by atoms with Gasteiger partial charge in [-0.15, -0.1) is 0 Å². The number of phenols is 1. The summed E-state index contributed by atoms with van der Waals surface area (Å²) in [4.78, 5) is 0. The number of phenolic OH excluding ortho intramolecular Hbond substituents is 1. The maximum Gasteiger partial charge on any atom is 0.123 e. The van der Waals surface area contributed by atoms with E-state index in [1.807, 2.05) is 36.4 Å². The minimum absolute atomic E-state index is 0.407. The van der Waals surface area contributed by atoms with Crippen LogP contribution in [0, 0.1) is 11.8 Å². The molecule has 0 heterocycles. The highest BCUT2D eigenvalue weighted by molar-refractivity contribution is 5.70. The first-order valence-corrected chi connectivity index (χ1v) is 11.6. The topological polar surface area (TPSA) is 20.2 Å². The Morgan fingerprint density at radius 3 is 2.04 bits per heavy atom. The van der Waals surface area contributed by atoms with Crippen LogP contribution in [0.25, 0.3) is 11.1 Å². The Bertz CT molecular complexity index is 683. The number of aromatic hydroxyl groups is 1. The lowest BCUT2D eigenvalue weighted by Gasteiger charge is -2.28. The molecule has 0 aromatic heterocycles. The quantitative estimate of drug-likeness (QED) is 0.413. The van der Waals surface area contributed by atoms with Crippen molar-refractivity contribution in [2.45, 2.75) is 84.0 Å². The molecule has 0 aliphatic heterocycles. The van der Waals surface area contributed by atoms with Crippen LogP contribution < -0.4 is 0 Å². The van der Waals surface area contributed by atoms with Gasteiger partial charge in [0.1, 0.15) is 5.75 Å². The lowest BCUT2D eigenvalue weighted by atomic mass is 9.78. The van der Waals surface area contributed by atoms with Crippen LogP contribution in [0.4, 0.5) is 0 Å². The molecule has 3 rings (SSSR count). The zero-order valence-corrected chi connectivity index (χ0v) is 17.7. The molecule has 2 aromatic rings. The maximum absolute atomic E-state index is 10.4. The average molecular weight is 379 g/mol. The first kappa shape index (κ1) is 21.0. The summed E-state index contributed by atoms with van der Waals surface area (Å²) in [6.45, 7) is 2.30. The third-order valence-corrected chi connectivity index (χ3v) is 6.66. The van der Waals surface area contributed by atoms with Gasteiger partial charge in [-0.3, -0.25) is 0 Å². The summed E-state index contributed by atoms with van der Waals surface area (Å²) in [6.07, 6.45) is 16.6. The molecule has 0 radical (unpaired) electrons. The molecular formula is C27H38O. The van der Waals surface area contributed by atoms with Gasteiger partial charge in [-0.05, 0) is 41.9 Å². The van der Waals surface area contributed by atoms with E-state index >= 15 is 0 Å². The molecule has 0 atom stereocenters. The highest BCUT2D eigenvalue weighted by Crippen LogP contribution is 2.35. The van der Waals surface area contributed by atoms with Crippen LogP contribution in [0.1, 0.15) is 83.1 Å². The van der Waals surface area contributed by atoms with Crippen molar-refractivity contribution in [2.75, 3.05) is 0 Å². The fraction of sp³-hybridized carbons (Fsp3) is 0.556. The number of unbranched alkanes of at least 4 members (excludes halogenated alkanes) is 3. The van der Waals surface area contributed by atoms with E-state index in [1.165, 1.54) is 76.2 Å². The molecule has 0 amide bonds. The molecular weight excluding hydrogens is 340 g/mol. The molecule has 1 saturated carbocycles. The number of aryl methyl sites for hydroxylation is 1. The van der Waals surface area contributed by atoms with Gasteiger partial charge in [-0.25, -0.2) is 0 Å². The Hall–Kier alpha value is -1.76. The zero-order valence-electron chi connectivity index (χ0n) is 17.7. The van der Waals surface area contributed by atoms with Gasteiger partial charge < -0.3 is 5.11 Å². The van der Waals surface area contributed by atoms with E-state index < -0.39 is 0 Å². The van der Waals surface area contributed by atoms with Crippen LogP contribution >= 0.6 is 0 Å². The third kappa shape index (κ3) is 6.40. The average Bonchev–Trinajstić information content (AvgIpc) is 2.73. The molecule has 1 aliphatic rings.